The summed E-state index contributed by atoms with van der Waals surface area (Å²) in [4.78, 5) is 14.5. The summed E-state index contributed by atoms with van der Waals surface area (Å²) in [5, 5.41) is 12.3. The Morgan fingerprint density at radius 3 is 2.59 bits per heavy atom. The van der Waals surface area contributed by atoms with Gasteiger partial charge in [-0.25, -0.2) is 0 Å². The molecule has 0 unspecified atom stereocenters. The van der Waals surface area contributed by atoms with Crippen LogP contribution in [-0.4, -0.2) is 28.9 Å². The zero-order valence-corrected chi connectivity index (χ0v) is 15.4. The van der Waals surface area contributed by atoms with Crippen LogP contribution in [0, 0.1) is 11.3 Å². The average Bonchev–Trinajstić information content (AvgIpc) is 3.37. The smallest absolute Gasteiger partial charge is 0.337 e. The van der Waals surface area contributed by atoms with Crippen molar-refractivity contribution in [2.24, 2.45) is 0 Å². The molecule has 1 aromatic carbocycles. The summed E-state index contributed by atoms with van der Waals surface area (Å²) in [7, 11) is 0. The predicted octanol–water partition coefficient (Wildman–Crippen LogP) is 4.18. The number of carbonyl (C=O) groups is 1. The van der Waals surface area contributed by atoms with Crippen molar-refractivity contribution in [3.8, 4) is 6.07 Å². The number of nitrogens with one attached hydrogen (secondary N) is 1. The molecule has 146 valence electrons. The molecule has 0 aliphatic heterocycles. The molecular weight excluding hydrogens is 355 g/mol. The van der Waals surface area contributed by atoms with Crippen molar-refractivity contribution < 1.29 is 18.0 Å². The molecule has 3 rings (SSSR count). The van der Waals surface area contributed by atoms with E-state index in [1.54, 1.807) is 6.07 Å². The number of amides is 1. The van der Waals surface area contributed by atoms with E-state index in [0.29, 0.717) is 18.4 Å². The second-order valence-electron chi connectivity index (χ2n) is 7.65. The van der Waals surface area contributed by atoms with E-state index in [2.05, 4.69) is 11.4 Å². The molecule has 27 heavy (non-hydrogen) atoms. The van der Waals surface area contributed by atoms with Gasteiger partial charge in [0.1, 0.15) is 5.54 Å². The fraction of sp³-hybridized carbons (Fsp3) is 0.600. The molecule has 0 radical (unpaired) electrons. The van der Waals surface area contributed by atoms with Crippen LogP contribution in [0.5, 0.6) is 0 Å². The number of benzene rings is 1. The molecule has 7 heteroatoms. The lowest BCUT2D eigenvalue weighted by molar-refractivity contribution is -0.137. The summed E-state index contributed by atoms with van der Waals surface area (Å²) in [6.07, 6.45) is 0.616. The van der Waals surface area contributed by atoms with Gasteiger partial charge in [0.15, 0.2) is 0 Å². The van der Waals surface area contributed by atoms with Crippen molar-refractivity contribution in [2.45, 2.75) is 69.2 Å². The Hall–Kier alpha value is -2.07. The maximum atomic E-state index is 13.0. The molecule has 2 aliphatic carbocycles. The quantitative estimate of drug-likeness (QED) is 0.807. The Balaban J connectivity index is 1.72. The number of carbonyl (C=O) groups excluding carboxylic acids is 1. The Morgan fingerprint density at radius 1 is 1.37 bits per heavy atom. The summed E-state index contributed by atoms with van der Waals surface area (Å²) in [6.45, 7) is 1.92. The van der Waals surface area contributed by atoms with Gasteiger partial charge in [0.05, 0.1) is 18.2 Å². The lowest BCUT2D eigenvalue weighted by Gasteiger charge is -2.31. The summed E-state index contributed by atoms with van der Waals surface area (Å²) >= 11 is 0. The molecule has 0 spiro atoms. The Labute approximate surface area is 157 Å². The maximum Gasteiger partial charge on any atom is 0.416 e. The highest BCUT2D eigenvalue weighted by atomic mass is 19.4. The second kappa shape index (κ2) is 7.51. The molecule has 1 aromatic rings. The van der Waals surface area contributed by atoms with Gasteiger partial charge in [0.25, 0.3) is 0 Å². The van der Waals surface area contributed by atoms with E-state index in [1.165, 1.54) is 6.07 Å². The number of hydrogen-bond acceptors (Lipinski definition) is 3. The first-order valence-electron chi connectivity index (χ1n) is 9.39. The van der Waals surface area contributed by atoms with Crippen molar-refractivity contribution in [1.82, 2.24) is 10.2 Å². The molecule has 1 N–H and O–H groups in total. The maximum absolute atomic E-state index is 13.0. The largest absolute Gasteiger partial charge is 0.416 e. The van der Waals surface area contributed by atoms with Crippen molar-refractivity contribution >= 4 is 5.91 Å². The zero-order valence-electron chi connectivity index (χ0n) is 15.4. The SMILES string of the molecule is C[C@H](c1cccc(C(F)(F)F)c1)N(CC(=O)NC1(C#N)CCCC1)C1CC1. The van der Waals surface area contributed by atoms with Crippen molar-refractivity contribution in [3.63, 3.8) is 0 Å². The summed E-state index contributed by atoms with van der Waals surface area (Å²) in [5.74, 6) is -0.232. The van der Waals surface area contributed by atoms with Gasteiger partial charge in [0, 0.05) is 12.1 Å². The van der Waals surface area contributed by atoms with Crippen LogP contribution in [-0.2, 0) is 11.0 Å². The van der Waals surface area contributed by atoms with Gasteiger partial charge in [-0.05, 0) is 63.1 Å². The summed E-state index contributed by atoms with van der Waals surface area (Å²) < 4.78 is 39.0. The Morgan fingerprint density at radius 2 is 2.04 bits per heavy atom. The third-order valence-corrected chi connectivity index (χ3v) is 5.59. The molecule has 0 bridgehead atoms. The zero-order chi connectivity index (χ0) is 19.7. The van der Waals surface area contributed by atoms with Crippen molar-refractivity contribution in [3.05, 3.63) is 35.4 Å². The standard InChI is InChI=1S/C20H24F3N3O/c1-14(15-5-4-6-16(11-15)20(21,22)23)26(17-7-8-17)12-18(27)25-19(13-24)9-2-3-10-19/h4-6,11,14,17H,2-3,7-10,12H2,1H3,(H,25,27)/t14-/m1/s1. The minimum atomic E-state index is -4.39. The molecule has 0 saturated heterocycles. The predicted molar refractivity (Wildman–Crippen MR) is 94.5 cm³/mol. The van der Waals surface area contributed by atoms with E-state index >= 15 is 0 Å². The van der Waals surface area contributed by atoms with Crippen LogP contribution in [0.25, 0.3) is 0 Å². The fourth-order valence-electron chi connectivity index (χ4n) is 3.87. The van der Waals surface area contributed by atoms with Gasteiger partial charge < -0.3 is 5.32 Å². The number of nitrogens with zero attached hydrogens (tertiary/aromatic N) is 2. The minimum Gasteiger partial charge on any atom is -0.337 e. The van der Waals surface area contributed by atoms with E-state index in [4.69, 9.17) is 0 Å². The van der Waals surface area contributed by atoms with Gasteiger partial charge in [-0.2, -0.15) is 18.4 Å². The van der Waals surface area contributed by atoms with Crippen LogP contribution >= 0.6 is 0 Å². The Bertz CT molecular complexity index is 731. The molecule has 4 nitrogen and oxygen atoms in total. The van der Waals surface area contributed by atoms with E-state index < -0.39 is 17.3 Å². The first-order valence-corrected chi connectivity index (χ1v) is 9.39. The lowest BCUT2D eigenvalue weighted by Crippen LogP contribution is -2.49. The lowest BCUT2D eigenvalue weighted by atomic mass is 9.99. The normalized spacial score (nSPS) is 20.3. The van der Waals surface area contributed by atoms with Gasteiger partial charge in [0.2, 0.25) is 5.91 Å². The van der Waals surface area contributed by atoms with E-state index in [0.717, 1.165) is 37.8 Å². The van der Waals surface area contributed by atoms with Crippen LogP contribution in [0.3, 0.4) is 0 Å². The number of hydrogen-bond donors (Lipinski definition) is 1. The Kier molecular flexibility index (Phi) is 5.48. The molecular formula is C20H24F3N3O. The van der Waals surface area contributed by atoms with Crippen LogP contribution in [0.4, 0.5) is 13.2 Å². The highest BCUT2D eigenvalue weighted by Gasteiger charge is 2.39. The number of rotatable bonds is 6. The number of halogens is 3. The van der Waals surface area contributed by atoms with E-state index in [-0.39, 0.29) is 24.5 Å². The molecule has 0 heterocycles. The summed E-state index contributed by atoms with van der Waals surface area (Å²) in [6, 6.07) is 7.41. The first kappa shape index (κ1) is 19.7. The van der Waals surface area contributed by atoms with Gasteiger partial charge in [-0.1, -0.05) is 12.1 Å². The van der Waals surface area contributed by atoms with Gasteiger partial charge in [-0.15, -0.1) is 0 Å². The highest BCUT2D eigenvalue weighted by Crippen LogP contribution is 2.36. The molecule has 2 saturated carbocycles. The van der Waals surface area contributed by atoms with Crippen LogP contribution < -0.4 is 5.32 Å². The van der Waals surface area contributed by atoms with E-state index in [1.807, 2.05) is 11.8 Å². The third kappa shape index (κ3) is 4.62. The van der Waals surface area contributed by atoms with E-state index in [9.17, 15) is 23.2 Å². The minimum absolute atomic E-state index is 0.0888. The van der Waals surface area contributed by atoms with Crippen LogP contribution in [0.2, 0.25) is 0 Å². The number of alkyl halides is 3. The monoisotopic (exact) mass is 379 g/mol. The average molecular weight is 379 g/mol. The first-order chi connectivity index (χ1) is 12.7. The third-order valence-electron chi connectivity index (χ3n) is 5.59. The van der Waals surface area contributed by atoms with Crippen LogP contribution in [0.1, 0.15) is 62.6 Å². The highest BCUT2D eigenvalue weighted by molar-refractivity contribution is 5.79. The summed E-state index contributed by atoms with van der Waals surface area (Å²) in [5.41, 5.74) is -0.923. The second-order valence-corrected chi connectivity index (χ2v) is 7.65. The van der Waals surface area contributed by atoms with Crippen molar-refractivity contribution in [2.75, 3.05) is 6.54 Å². The molecule has 2 aliphatic rings. The molecule has 2 fully saturated rings. The van der Waals surface area contributed by atoms with Gasteiger partial charge >= 0.3 is 6.18 Å². The number of nitriles is 1. The van der Waals surface area contributed by atoms with Crippen molar-refractivity contribution in [1.29, 1.82) is 5.26 Å². The molecule has 0 aromatic heterocycles. The molecule has 1 amide bonds. The fourth-order valence-corrected chi connectivity index (χ4v) is 3.87. The molecule has 1 atom stereocenters. The van der Waals surface area contributed by atoms with Gasteiger partial charge in [-0.3, -0.25) is 9.69 Å². The topological polar surface area (TPSA) is 56.1 Å². The van der Waals surface area contributed by atoms with Crippen LogP contribution in [0.15, 0.2) is 24.3 Å².